The predicted molar refractivity (Wildman–Crippen MR) is 66.5 cm³/mol. The van der Waals surface area contributed by atoms with E-state index in [2.05, 4.69) is 10.6 Å². The fraction of sp³-hybridized carbons (Fsp3) is 0.417. The second-order valence-corrected chi connectivity index (χ2v) is 4.39. The molecule has 1 aromatic rings. The van der Waals surface area contributed by atoms with Gasteiger partial charge in [0.1, 0.15) is 5.75 Å². The van der Waals surface area contributed by atoms with Crippen LogP contribution in [0.5, 0.6) is 5.75 Å². The van der Waals surface area contributed by atoms with Crippen LogP contribution in [0.3, 0.4) is 0 Å². The molecule has 0 spiro atoms. The largest absolute Gasteiger partial charge is 0.480 e. The molecule has 1 aliphatic rings. The van der Waals surface area contributed by atoms with Crippen LogP contribution < -0.4 is 15.4 Å². The standard InChI is InChI=1S/C12H15ClN2O2/c1-14-4-5-15-12(16)11-7-8-6-9(13)2-3-10(8)17-11/h2-3,6,11,14H,4-5,7H2,1H3,(H,15,16). The van der Waals surface area contributed by atoms with E-state index in [1.54, 1.807) is 12.1 Å². The number of halogens is 1. The van der Waals surface area contributed by atoms with Crippen LogP contribution in [0.1, 0.15) is 5.56 Å². The van der Waals surface area contributed by atoms with E-state index >= 15 is 0 Å². The summed E-state index contributed by atoms with van der Waals surface area (Å²) in [5, 5.41) is 6.45. The Morgan fingerprint density at radius 2 is 2.35 bits per heavy atom. The quantitative estimate of drug-likeness (QED) is 0.788. The summed E-state index contributed by atoms with van der Waals surface area (Å²) in [6, 6.07) is 5.41. The highest BCUT2D eigenvalue weighted by molar-refractivity contribution is 6.30. The minimum atomic E-state index is -0.430. The first-order valence-electron chi connectivity index (χ1n) is 5.58. The summed E-state index contributed by atoms with van der Waals surface area (Å²) in [7, 11) is 1.84. The Bertz CT molecular complexity index is 423. The molecule has 0 radical (unpaired) electrons. The van der Waals surface area contributed by atoms with Gasteiger partial charge in [0.05, 0.1) is 0 Å². The monoisotopic (exact) mass is 254 g/mol. The minimum absolute atomic E-state index is 0.0763. The molecule has 1 unspecified atom stereocenters. The summed E-state index contributed by atoms with van der Waals surface area (Å²) < 4.78 is 5.56. The molecule has 2 rings (SSSR count). The van der Waals surface area contributed by atoms with E-state index < -0.39 is 6.10 Å². The van der Waals surface area contributed by atoms with Crippen LogP contribution in [0.2, 0.25) is 5.02 Å². The topological polar surface area (TPSA) is 50.4 Å². The highest BCUT2D eigenvalue weighted by Crippen LogP contribution is 2.30. The first-order chi connectivity index (χ1) is 8.20. The van der Waals surface area contributed by atoms with Crippen molar-refractivity contribution >= 4 is 17.5 Å². The van der Waals surface area contributed by atoms with Crippen LogP contribution >= 0.6 is 11.6 Å². The summed E-state index contributed by atoms with van der Waals surface area (Å²) in [5.41, 5.74) is 0.992. The Kier molecular flexibility index (Phi) is 3.86. The van der Waals surface area contributed by atoms with Gasteiger partial charge in [-0.2, -0.15) is 0 Å². The molecule has 2 N–H and O–H groups in total. The molecule has 1 heterocycles. The lowest BCUT2D eigenvalue weighted by Gasteiger charge is -2.10. The van der Waals surface area contributed by atoms with Crippen molar-refractivity contribution in [1.82, 2.24) is 10.6 Å². The fourth-order valence-electron chi connectivity index (χ4n) is 1.79. The van der Waals surface area contributed by atoms with Gasteiger partial charge in [-0.15, -0.1) is 0 Å². The lowest BCUT2D eigenvalue weighted by atomic mass is 10.1. The molecule has 0 bridgehead atoms. The third-order valence-corrected chi connectivity index (χ3v) is 2.90. The zero-order valence-corrected chi connectivity index (χ0v) is 10.4. The number of likely N-dealkylation sites (N-methyl/N-ethyl adjacent to an activating group) is 1. The van der Waals surface area contributed by atoms with Gasteiger partial charge in [-0.1, -0.05) is 11.6 Å². The highest BCUT2D eigenvalue weighted by atomic mass is 35.5. The van der Waals surface area contributed by atoms with Crippen LogP contribution in [0.25, 0.3) is 0 Å². The lowest BCUT2D eigenvalue weighted by Crippen LogP contribution is -2.40. The van der Waals surface area contributed by atoms with Crippen LogP contribution in [0, 0.1) is 0 Å². The number of hydrogen-bond donors (Lipinski definition) is 2. The van der Waals surface area contributed by atoms with Gasteiger partial charge in [0.25, 0.3) is 5.91 Å². The molecule has 1 aliphatic heterocycles. The van der Waals surface area contributed by atoms with Crippen molar-refractivity contribution in [3.05, 3.63) is 28.8 Å². The zero-order valence-electron chi connectivity index (χ0n) is 9.63. The maximum Gasteiger partial charge on any atom is 0.261 e. The molecule has 0 aromatic heterocycles. The lowest BCUT2D eigenvalue weighted by molar-refractivity contribution is -0.127. The zero-order chi connectivity index (χ0) is 12.3. The molecule has 0 fully saturated rings. The van der Waals surface area contributed by atoms with Gasteiger partial charge in [0, 0.05) is 24.5 Å². The number of carbonyl (C=O) groups excluding carboxylic acids is 1. The van der Waals surface area contributed by atoms with Gasteiger partial charge in [-0.05, 0) is 30.8 Å². The highest BCUT2D eigenvalue weighted by Gasteiger charge is 2.28. The molecular weight excluding hydrogens is 240 g/mol. The molecule has 5 heteroatoms. The molecule has 0 saturated heterocycles. The molecule has 17 heavy (non-hydrogen) atoms. The van der Waals surface area contributed by atoms with Crippen LogP contribution in [0.4, 0.5) is 0 Å². The van der Waals surface area contributed by atoms with Crippen molar-refractivity contribution in [2.24, 2.45) is 0 Å². The molecule has 1 amide bonds. The van der Waals surface area contributed by atoms with Crippen LogP contribution in [-0.4, -0.2) is 32.1 Å². The predicted octanol–water partition coefficient (Wildman–Crippen LogP) is 0.979. The number of hydrogen-bond acceptors (Lipinski definition) is 3. The van der Waals surface area contributed by atoms with Gasteiger partial charge >= 0.3 is 0 Å². The molecule has 1 aromatic carbocycles. The maximum absolute atomic E-state index is 11.8. The molecule has 1 atom stereocenters. The van der Waals surface area contributed by atoms with Crippen LogP contribution in [-0.2, 0) is 11.2 Å². The second-order valence-electron chi connectivity index (χ2n) is 3.96. The van der Waals surface area contributed by atoms with Crippen molar-refractivity contribution < 1.29 is 9.53 Å². The second kappa shape index (κ2) is 5.38. The molecule has 0 aliphatic carbocycles. The number of fused-ring (bicyclic) bond motifs is 1. The van der Waals surface area contributed by atoms with E-state index in [4.69, 9.17) is 16.3 Å². The van der Waals surface area contributed by atoms with Gasteiger partial charge in [-0.25, -0.2) is 0 Å². The number of carbonyl (C=O) groups is 1. The van der Waals surface area contributed by atoms with E-state index in [-0.39, 0.29) is 5.91 Å². The average Bonchev–Trinajstić information content (AvgIpc) is 2.72. The summed E-state index contributed by atoms with van der Waals surface area (Å²) in [4.78, 5) is 11.8. The van der Waals surface area contributed by atoms with E-state index in [0.717, 1.165) is 17.9 Å². The van der Waals surface area contributed by atoms with Crippen molar-refractivity contribution in [3.63, 3.8) is 0 Å². The fourth-order valence-corrected chi connectivity index (χ4v) is 1.98. The third kappa shape index (κ3) is 2.90. The number of rotatable bonds is 4. The summed E-state index contributed by atoms with van der Waals surface area (Å²) in [6.45, 7) is 1.35. The van der Waals surface area contributed by atoms with E-state index in [0.29, 0.717) is 18.0 Å². The SMILES string of the molecule is CNCCNC(=O)C1Cc2cc(Cl)ccc2O1. The first-order valence-corrected chi connectivity index (χ1v) is 5.96. The Morgan fingerprint density at radius 1 is 1.53 bits per heavy atom. The van der Waals surface area contributed by atoms with Gasteiger partial charge in [-0.3, -0.25) is 4.79 Å². The maximum atomic E-state index is 11.8. The number of benzene rings is 1. The number of ether oxygens (including phenoxy) is 1. The Hall–Kier alpha value is -1.26. The van der Waals surface area contributed by atoms with E-state index in [9.17, 15) is 4.79 Å². The van der Waals surface area contributed by atoms with Crippen molar-refractivity contribution in [2.45, 2.75) is 12.5 Å². The normalized spacial score (nSPS) is 17.4. The molecule has 92 valence electrons. The van der Waals surface area contributed by atoms with Gasteiger partial charge in [0.15, 0.2) is 6.10 Å². The summed E-state index contributed by atoms with van der Waals surface area (Å²) >= 11 is 5.89. The van der Waals surface area contributed by atoms with Gasteiger partial charge < -0.3 is 15.4 Å². The molecule has 4 nitrogen and oxygen atoms in total. The Labute approximate surface area is 105 Å². The average molecular weight is 255 g/mol. The number of amides is 1. The van der Waals surface area contributed by atoms with Crippen molar-refractivity contribution in [1.29, 1.82) is 0 Å². The van der Waals surface area contributed by atoms with E-state index in [1.807, 2.05) is 13.1 Å². The van der Waals surface area contributed by atoms with Crippen molar-refractivity contribution in [3.8, 4) is 5.75 Å². The first kappa shape index (κ1) is 12.2. The van der Waals surface area contributed by atoms with Crippen molar-refractivity contribution in [2.75, 3.05) is 20.1 Å². The molecular formula is C12H15ClN2O2. The number of nitrogens with one attached hydrogen (secondary N) is 2. The van der Waals surface area contributed by atoms with Crippen LogP contribution in [0.15, 0.2) is 18.2 Å². The van der Waals surface area contributed by atoms with E-state index in [1.165, 1.54) is 0 Å². The summed E-state index contributed by atoms with van der Waals surface area (Å²) in [6.07, 6.45) is 0.154. The van der Waals surface area contributed by atoms with Gasteiger partial charge in [0.2, 0.25) is 0 Å². The summed E-state index contributed by atoms with van der Waals surface area (Å²) in [5.74, 6) is 0.677. The molecule has 0 saturated carbocycles. The Balaban J connectivity index is 1.93. The smallest absolute Gasteiger partial charge is 0.261 e. The third-order valence-electron chi connectivity index (χ3n) is 2.66. The Morgan fingerprint density at radius 3 is 3.12 bits per heavy atom. The minimum Gasteiger partial charge on any atom is -0.480 e.